The molecule has 46 heavy (non-hydrogen) atoms. The molecule has 1 saturated carbocycles. The average Bonchev–Trinajstić information content (AvgIpc) is 3.53. The van der Waals surface area contributed by atoms with Crippen LogP contribution in [0.15, 0.2) is 36.4 Å². The number of unbranched alkanes of at least 4 members (excludes halogenated alkanes) is 1. The van der Waals surface area contributed by atoms with Gasteiger partial charge in [-0.3, -0.25) is 19.2 Å². The number of carbonyl (C=O) groups excluding carboxylic acids is 5. The van der Waals surface area contributed by atoms with E-state index in [0.717, 1.165) is 35.1 Å². The molecule has 0 spiro atoms. The Kier molecular flexibility index (Phi) is 13.2. The van der Waals surface area contributed by atoms with Crippen LogP contribution >= 0.6 is 0 Å². The monoisotopic (exact) mass is 636 g/mol. The largest absolute Gasteiger partial charge is 0.509 e. The fourth-order valence-corrected chi connectivity index (χ4v) is 5.74. The van der Waals surface area contributed by atoms with Crippen molar-refractivity contribution < 1.29 is 48.0 Å². The third kappa shape index (κ3) is 9.18. The maximum absolute atomic E-state index is 13.1. The summed E-state index contributed by atoms with van der Waals surface area (Å²) in [6, 6.07) is 10.9. The maximum atomic E-state index is 13.1. The van der Waals surface area contributed by atoms with Gasteiger partial charge in [0.25, 0.3) is 0 Å². The number of aliphatic hydroxyl groups excluding tert-OH is 1. The number of hydrogen-bond acceptors (Lipinski definition) is 10. The smallest absolute Gasteiger partial charge is 0.433 e. The predicted octanol–water partition coefficient (Wildman–Crippen LogP) is 5.78. The van der Waals surface area contributed by atoms with Gasteiger partial charge >= 0.3 is 6.16 Å². The SMILES string of the molecule is CCCCOCCCC(=O)c1ccc2c(c1)C(COC(=O)OC1C(=O)CCC1=O)c1cc(C(=O)CCCOC(C)CCO)ccc1-2. The summed E-state index contributed by atoms with van der Waals surface area (Å²) in [6.07, 6.45) is 1.71. The lowest BCUT2D eigenvalue weighted by atomic mass is 9.93. The van der Waals surface area contributed by atoms with Gasteiger partial charge in [-0.05, 0) is 67.0 Å². The Morgan fingerprint density at radius 1 is 0.848 bits per heavy atom. The molecule has 2 aromatic rings. The van der Waals surface area contributed by atoms with Crippen molar-refractivity contribution in [3.8, 4) is 11.1 Å². The molecule has 10 heteroatoms. The highest BCUT2D eigenvalue weighted by Gasteiger charge is 2.37. The molecule has 1 N–H and O–H groups in total. The summed E-state index contributed by atoms with van der Waals surface area (Å²) in [5, 5.41) is 9.04. The Morgan fingerprint density at radius 2 is 1.41 bits per heavy atom. The number of Topliss-reactive ketones (excluding diaryl/α,β-unsaturated/α-hetero) is 4. The van der Waals surface area contributed by atoms with Crippen molar-refractivity contribution >= 4 is 29.3 Å². The fraction of sp³-hybridized carbons (Fsp3) is 0.528. The molecule has 0 amide bonds. The van der Waals surface area contributed by atoms with Crippen LogP contribution in [0.25, 0.3) is 11.1 Å². The van der Waals surface area contributed by atoms with Crippen molar-refractivity contribution in [2.24, 2.45) is 0 Å². The van der Waals surface area contributed by atoms with E-state index in [1.807, 2.05) is 25.1 Å². The summed E-state index contributed by atoms with van der Waals surface area (Å²) in [6.45, 7) is 5.42. The highest BCUT2D eigenvalue weighted by Crippen LogP contribution is 2.46. The van der Waals surface area contributed by atoms with Gasteiger partial charge in [0.2, 0.25) is 6.10 Å². The number of hydrogen-bond donors (Lipinski definition) is 1. The van der Waals surface area contributed by atoms with E-state index in [0.29, 0.717) is 56.6 Å². The molecule has 2 aliphatic rings. The zero-order valence-electron chi connectivity index (χ0n) is 26.7. The lowest BCUT2D eigenvalue weighted by Crippen LogP contribution is -2.29. The topological polar surface area (TPSA) is 142 Å². The summed E-state index contributed by atoms with van der Waals surface area (Å²) >= 11 is 0. The Labute approximate surface area is 269 Å². The molecular formula is C36H44O10. The number of benzene rings is 2. The van der Waals surface area contributed by atoms with Crippen LogP contribution in [0, 0.1) is 0 Å². The number of ether oxygens (including phenoxy) is 4. The molecule has 0 heterocycles. The van der Waals surface area contributed by atoms with Gasteiger partial charge in [0.15, 0.2) is 23.1 Å². The average molecular weight is 637 g/mol. The van der Waals surface area contributed by atoms with E-state index in [9.17, 15) is 24.0 Å². The normalized spacial score (nSPS) is 16.3. The molecule has 2 unspecified atom stereocenters. The first-order chi connectivity index (χ1) is 22.2. The van der Waals surface area contributed by atoms with Gasteiger partial charge in [0.1, 0.15) is 6.61 Å². The molecule has 10 nitrogen and oxygen atoms in total. The number of rotatable bonds is 19. The Balaban J connectivity index is 1.49. The van der Waals surface area contributed by atoms with Crippen molar-refractivity contribution in [1.82, 2.24) is 0 Å². The first-order valence-corrected chi connectivity index (χ1v) is 16.3. The van der Waals surface area contributed by atoms with Gasteiger partial charge in [0, 0.05) is 69.2 Å². The second-order valence-electron chi connectivity index (χ2n) is 11.9. The van der Waals surface area contributed by atoms with Crippen LogP contribution in [0.2, 0.25) is 0 Å². The lowest BCUT2D eigenvalue weighted by molar-refractivity contribution is -0.134. The summed E-state index contributed by atoms with van der Waals surface area (Å²) in [5.74, 6) is -1.50. The minimum Gasteiger partial charge on any atom is -0.433 e. The van der Waals surface area contributed by atoms with Crippen molar-refractivity contribution in [1.29, 1.82) is 0 Å². The van der Waals surface area contributed by atoms with E-state index in [1.54, 1.807) is 18.2 Å². The van der Waals surface area contributed by atoms with Crippen LogP contribution in [-0.2, 0) is 28.5 Å². The van der Waals surface area contributed by atoms with Gasteiger partial charge in [-0.15, -0.1) is 0 Å². The number of ketones is 4. The standard InChI is InChI=1S/C36H44O10/c1-3-4-17-43-18-5-7-31(38)24-9-11-26-27-12-10-25(32(39)8-6-19-44-23(2)15-16-37)21-29(27)30(28(26)20-24)22-45-36(42)46-35-33(40)13-14-34(35)41/h9-12,20-21,23,30,35,37H,3-8,13-19,22H2,1-2H3. The molecule has 0 saturated heterocycles. The van der Waals surface area contributed by atoms with Gasteiger partial charge in [0.05, 0.1) is 6.10 Å². The summed E-state index contributed by atoms with van der Waals surface area (Å²) in [7, 11) is 0. The van der Waals surface area contributed by atoms with Crippen LogP contribution in [0.5, 0.6) is 0 Å². The third-order valence-corrected chi connectivity index (χ3v) is 8.39. The molecule has 248 valence electrons. The van der Waals surface area contributed by atoms with E-state index in [1.165, 1.54) is 0 Å². The summed E-state index contributed by atoms with van der Waals surface area (Å²) in [4.78, 5) is 62.7. The second kappa shape index (κ2) is 17.3. The Morgan fingerprint density at radius 3 is 1.98 bits per heavy atom. The predicted molar refractivity (Wildman–Crippen MR) is 169 cm³/mol. The van der Waals surface area contributed by atoms with Crippen LogP contribution in [-0.4, -0.2) is 79.6 Å². The minimum atomic E-state index is -1.44. The Bertz CT molecular complexity index is 1400. The quantitative estimate of drug-likeness (QED) is 0.0872. The fourth-order valence-electron chi connectivity index (χ4n) is 5.74. The number of fused-ring (bicyclic) bond motifs is 3. The molecule has 0 radical (unpaired) electrons. The van der Waals surface area contributed by atoms with E-state index in [4.69, 9.17) is 24.1 Å². The van der Waals surface area contributed by atoms with E-state index >= 15 is 0 Å². The van der Waals surface area contributed by atoms with Crippen molar-refractivity contribution in [3.05, 3.63) is 58.7 Å². The van der Waals surface area contributed by atoms with E-state index in [-0.39, 0.29) is 50.1 Å². The first-order valence-electron chi connectivity index (χ1n) is 16.3. The lowest BCUT2D eigenvalue weighted by Gasteiger charge is -2.16. The highest BCUT2D eigenvalue weighted by molar-refractivity contribution is 6.12. The zero-order chi connectivity index (χ0) is 33.1. The molecule has 2 aliphatic carbocycles. The van der Waals surface area contributed by atoms with E-state index in [2.05, 4.69) is 6.92 Å². The molecular weight excluding hydrogens is 592 g/mol. The van der Waals surface area contributed by atoms with Crippen LogP contribution in [0.4, 0.5) is 4.79 Å². The maximum Gasteiger partial charge on any atom is 0.509 e. The number of carbonyl (C=O) groups is 5. The van der Waals surface area contributed by atoms with Crippen molar-refractivity contribution in [2.75, 3.05) is 33.0 Å². The molecule has 0 aromatic heterocycles. The summed E-state index contributed by atoms with van der Waals surface area (Å²) < 4.78 is 21.7. The van der Waals surface area contributed by atoms with Crippen LogP contribution in [0.3, 0.4) is 0 Å². The second-order valence-corrected chi connectivity index (χ2v) is 11.9. The van der Waals surface area contributed by atoms with Gasteiger partial charge in [-0.2, -0.15) is 0 Å². The molecule has 2 aromatic carbocycles. The molecule has 1 fully saturated rings. The molecule has 4 rings (SSSR count). The molecule has 0 bridgehead atoms. The summed E-state index contributed by atoms with van der Waals surface area (Å²) in [5.41, 5.74) is 4.30. The van der Waals surface area contributed by atoms with Crippen LogP contribution < -0.4 is 0 Å². The van der Waals surface area contributed by atoms with Crippen LogP contribution in [0.1, 0.15) is 109 Å². The van der Waals surface area contributed by atoms with Crippen molar-refractivity contribution in [2.45, 2.75) is 89.8 Å². The van der Waals surface area contributed by atoms with E-state index < -0.39 is 29.7 Å². The van der Waals surface area contributed by atoms with Gasteiger partial charge < -0.3 is 24.1 Å². The minimum absolute atomic E-state index is 0.0263. The third-order valence-electron chi connectivity index (χ3n) is 8.39. The molecule has 0 aliphatic heterocycles. The first kappa shape index (κ1) is 35.1. The van der Waals surface area contributed by atoms with Gasteiger partial charge in [-0.25, -0.2) is 4.79 Å². The highest BCUT2D eigenvalue weighted by atomic mass is 16.7. The van der Waals surface area contributed by atoms with Gasteiger partial charge in [-0.1, -0.05) is 37.6 Å². The number of aliphatic hydroxyl groups is 1. The Hall–Kier alpha value is -3.73. The zero-order valence-corrected chi connectivity index (χ0v) is 26.7. The van der Waals surface area contributed by atoms with Crippen molar-refractivity contribution in [3.63, 3.8) is 0 Å². The molecule has 2 atom stereocenters.